The van der Waals surface area contributed by atoms with Gasteiger partial charge in [0, 0.05) is 0 Å². The second-order valence-corrected chi connectivity index (χ2v) is 5.74. The molecule has 124 valence electrons. The number of hydrogen-bond acceptors (Lipinski definition) is 6. The smallest absolute Gasteiger partial charge is 0.195 e. The van der Waals surface area contributed by atoms with Crippen LogP contribution in [-0.2, 0) is 0 Å². The number of carboxylic acid groups (broad SMARTS) is 1. The van der Waals surface area contributed by atoms with Crippen molar-refractivity contribution in [3.63, 3.8) is 0 Å². The first-order valence-corrected chi connectivity index (χ1v) is 7.82. The zero-order valence-electron chi connectivity index (χ0n) is 13.0. The third-order valence-electron chi connectivity index (χ3n) is 3.02. The van der Waals surface area contributed by atoms with E-state index in [0.717, 1.165) is 16.9 Å². The molecule has 1 aromatic carbocycles. The van der Waals surface area contributed by atoms with E-state index < -0.39 is 5.97 Å². The normalized spacial score (nSPS) is 10.5. The van der Waals surface area contributed by atoms with E-state index in [1.54, 1.807) is 30.4 Å². The van der Waals surface area contributed by atoms with E-state index in [0.29, 0.717) is 23.0 Å². The van der Waals surface area contributed by atoms with Crippen molar-refractivity contribution in [2.24, 2.45) is 0 Å². The first-order chi connectivity index (χ1) is 11.5. The molecule has 0 aliphatic heterocycles. The Hall–Kier alpha value is -2.86. The fraction of sp³-hybridized carbons (Fsp3) is 0.111. The lowest BCUT2D eigenvalue weighted by Gasteiger charge is -2.09. The number of hydrogen-bond donors (Lipinski definition) is 0. The number of allylic oxidation sites excluding steroid dienone is 1. The summed E-state index contributed by atoms with van der Waals surface area (Å²) in [6.07, 6.45) is 4.64. The maximum absolute atomic E-state index is 12.1. The van der Waals surface area contributed by atoms with E-state index >= 15 is 0 Å². The Balaban J connectivity index is 2.13. The van der Waals surface area contributed by atoms with Crippen molar-refractivity contribution in [2.75, 3.05) is 13.7 Å². The molecule has 6 heteroatoms. The lowest BCUT2D eigenvalue weighted by molar-refractivity contribution is -0.254. The van der Waals surface area contributed by atoms with Crippen LogP contribution in [0.4, 0.5) is 0 Å². The van der Waals surface area contributed by atoms with Crippen molar-refractivity contribution in [1.82, 2.24) is 0 Å². The minimum absolute atomic E-state index is 0.0251. The molecule has 2 rings (SSSR count). The third-order valence-corrected chi connectivity index (χ3v) is 4.10. The molecule has 0 aliphatic carbocycles. The molecule has 1 heterocycles. The number of carbonyl (C=O) groups excluding carboxylic acids is 2. The first kappa shape index (κ1) is 17.5. The van der Waals surface area contributed by atoms with Crippen molar-refractivity contribution in [1.29, 1.82) is 0 Å². The summed E-state index contributed by atoms with van der Waals surface area (Å²) in [5, 5.41) is 10.7. The summed E-state index contributed by atoms with van der Waals surface area (Å²) in [4.78, 5) is 23.2. The summed E-state index contributed by atoms with van der Waals surface area (Å²) in [5.74, 6) is -0.444. The maximum atomic E-state index is 12.1. The first-order valence-electron chi connectivity index (χ1n) is 7.00. The van der Waals surface area contributed by atoms with Crippen molar-refractivity contribution in [3.05, 3.63) is 64.4 Å². The zero-order valence-corrected chi connectivity index (χ0v) is 13.8. The van der Waals surface area contributed by atoms with Gasteiger partial charge in [0.1, 0.15) is 6.61 Å². The average Bonchev–Trinajstić information content (AvgIpc) is 3.08. The molecule has 24 heavy (non-hydrogen) atoms. The highest BCUT2D eigenvalue weighted by molar-refractivity contribution is 7.16. The highest BCUT2D eigenvalue weighted by atomic mass is 32.1. The fourth-order valence-electron chi connectivity index (χ4n) is 1.89. The maximum Gasteiger partial charge on any atom is 0.195 e. The predicted octanol–water partition coefficient (Wildman–Crippen LogP) is 2.58. The Kier molecular flexibility index (Phi) is 5.92. The van der Waals surface area contributed by atoms with Crippen molar-refractivity contribution >= 4 is 29.2 Å². The molecular formula is C18H15O5S-. The Bertz CT molecular complexity index is 788. The van der Waals surface area contributed by atoms with E-state index in [1.165, 1.54) is 25.3 Å². The Morgan fingerprint density at radius 1 is 1.21 bits per heavy atom. The highest BCUT2D eigenvalue weighted by Crippen LogP contribution is 2.28. The third kappa shape index (κ3) is 4.33. The molecule has 0 bridgehead atoms. The van der Waals surface area contributed by atoms with E-state index in [9.17, 15) is 14.7 Å². The molecule has 0 unspecified atom stereocenters. The van der Waals surface area contributed by atoms with Gasteiger partial charge in [0.2, 0.25) is 0 Å². The molecule has 2 aromatic rings. The van der Waals surface area contributed by atoms with Crippen LogP contribution >= 0.6 is 11.3 Å². The molecule has 0 spiro atoms. The van der Waals surface area contributed by atoms with E-state index in [2.05, 4.69) is 6.58 Å². The second kappa shape index (κ2) is 8.12. The molecule has 0 aliphatic rings. The van der Waals surface area contributed by atoms with Crippen molar-refractivity contribution in [2.45, 2.75) is 0 Å². The molecule has 0 saturated carbocycles. The van der Waals surface area contributed by atoms with Crippen LogP contribution in [0.3, 0.4) is 0 Å². The standard InChI is InChI=1S/C18H16O5S/c1-3-10-23-14-7-5-12(11-15(14)22-2)4-6-13(19)16-8-9-17(24-16)18(20)21/h3-9,11H,1,10H2,2H3,(H,20,21)/p-1/b6-4+. The number of ketones is 1. The number of aromatic carboxylic acids is 1. The van der Waals surface area contributed by atoms with Crippen LogP contribution in [0.25, 0.3) is 6.08 Å². The van der Waals surface area contributed by atoms with Crippen molar-refractivity contribution in [3.8, 4) is 11.5 Å². The zero-order chi connectivity index (χ0) is 17.5. The van der Waals surface area contributed by atoms with Gasteiger partial charge in [-0.05, 0) is 35.9 Å². The summed E-state index contributed by atoms with van der Waals surface area (Å²) >= 11 is 0.887. The summed E-state index contributed by atoms with van der Waals surface area (Å²) in [5.41, 5.74) is 0.753. The average molecular weight is 343 g/mol. The number of benzene rings is 1. The SMILES string of the molecule is C=CCOc1ccc(/C=C/C(=O)c2ccc(C(=O)[O-])s2)cc1OC. The highest BCUT2D eigenvalue weighted by Gasteiger charge is 2.08. The van der Waals surface area contributed by atoms with Gasteiger partial charge in [-0.25, -0.2) is 0 Å². The molecule has 0 amide bonds. The summed E-state index contributed by atoms with van der Waals surface area (Å²) in [6, 6.07) is 8.09. The largest absolute Gasteiger partial charge is 0.544 e. The fourth-order valence-corrected chi connectivity index (χ4v) is 2.65. The van der Waals surface area contributed by atoms with E-state index in [4.69, 9.17) is 9.47 Å². The van der Waals surface area contributed by atoms with Crippen LogP contribution in [-0.4, -0.2) is 25.5 Å². The topological polar surface area (TPSA) is 75.7 Å². The minimum Gasteiger partial charge on any atom is -0.544 e. The van der Waals surface area contributed by atoms with Gasteiger partial charge in [0.05, 0.1) is 22.8 Å². The van der Waals surface area contributed by atoms with Gasteiger partial charge in [-0.15, -0.1) is 11.3 Å². The van der Waals surface area contributed by atoms with E-state index in [1.807, 2.05) is 0 Å². The Labute approximate surface area is 143 Å². The number of thiophene rings is 1. The predicted molar refractivity (Wildman–Crippen MR) is 90.7 cm³/mol. The molecule has 0 atom stereocenters. The van der Waals surface area contributed by atoms with Gasteiger partial charge in [0.15, 0.2) is 17.3 Å². The van der Waals surface area contributed by atoms with Crippen LogP contribution < -0.4 is 14.6 Å². The molecular weight excluding hydrogens is 328 g/mol. The number of rotatable bonds is 8. The van der Waals surface area contributed by atoms with Gasteiger partial charge < -0.3 is 19.4 Å². The molecule has 0 saturated heterocycles. The quantitative estimate of drug-likeness (QED) is 0.418. The van der Waals surface area contributed by atoms with Gasteiger partial charge in [0.25, 0.3) is 0 Å². The van der Waals surface area contributed by atoms with Crippen LogP contribution in [0, 0.1) is 0 Å². The number of carboxylic acids is 1. The lowest BCUT2D eigenvalue weighted by Crippen LogP contribution is -2.20. The molecule has 0 N–H and O–H groups in total. The summed E-state index contributed by atoms with van der Waals surface area (Å²) in [6.45, 7) is 3.95. The summed E-state index contributed by atoms with van der Waals surface area (Å²) in [7, 11) is 1.53. The van der Waals surface area contributed by atoms with Crippen LogP contribution in [0.15, 0.2) is 49.1 Å². The van der Waals surface area contributed by atoms with Gasteiger partial charge >= 0.3 is 0 Å². The van der Waals surface area contributed by atoms with Crippen molar-refractivity contribution < 1.29 is 24.2 Å². The lowest BCUT2D eigenvalue weighted by atomic mass is 10.1. The van der Waals surface area contributed by atoms with Gasteiger partial charge in [-0.3, -0.25) is 4.79 Å². The Morgan fingerprint density at radius 3 is 2.58 bits per heavy atom. The van der Waals surface area contributed by atoms with Crippen LogP contribution in [0.2, 0.25) is 0 Å². The molecule has 5 nitrogen and oxygen atoms in total. The second-order valence-electron chi connectivity index (χ2n) is 4.66. The van der Waals surface area contributed by atoms with Crippen LogP contribution in [0.1, 0.15) is 24.9 Å². The molecule has 1 aromatic heterocycles. The minimum atomic E-state index is -1.29. The van der Waals surface area contributed by atoms with Crippen LogP contribution in [0.5, 0.6) is 11.5 Å². The summed E-state index contributed by atoms with van der Waals surface area (Å²) < 4.78 is 10.7. The number of ether oxygens (including phenoxy) is 2. The monoisotopic (exact) mass is 343 g/mol. The molecule has 0 fully saturated rings. The van der Waals surface area contributed by atoms with Gasteiger partial charge in [-0.1, -0.05) is 24.8 Å². The molecule has 0 radical (unpaired) electrons. The van der Waals surface area contributed by atoms with E-state index in [-0.39, 0.29) is 10.7 Å². The van der Waals surface area contributed by atoms with Gasteiger partial charge in [-0.2, -0.15) is 0 Å². The number of methoxy groups -OCH3 is 1. The number of carbonyl (C=O) groups is 2. The Morgan fingerprint density at radius 2 is 1.96 bits per heavy atom.